The molecule has 2 atom stereocenters. The Bertz CT molecular complexity index is 1450. The van der Waals surface area contributed by atoms with E-state index in [-0.39, 0.29) is 23.8 Å². The highest BCUT2D eigenvalue weighted by Crippen LogP contribution is 2.41. The van der Waals surface area contributed by atoms with Crippen molar-refractivity contribution in [3.05, 3.63) is 112 Å². The Morgan fingerprint density at radius 1 is 1.03 bits per heavy atom. The number of halogens is 1. The maximum atomic E-state index is 14.2. The number of rotatable bonds is 8. The fourth-order valence-corrected chi connectivity index (χ4v) is 5.59. The van der Waals surface area contributed by atoms with Crippen LogP contribution in [0.3, 0.4) is 0 Å². The average molecular weight is 512 g/mol. The van der Waals surface area contributed by atoms with E-state index in [2.05, 4.69) is 24.1 Å². The van der Waals surface area contributed by atoms with Gasteiger partial charge in [-0.3, -0.25) is 0 Å². The maximum Gasteiger partial charge on any atom is 0.338 e. The van der Waals surface area contributed by atoms with Crippen molar-refractivity contribution in [2.24, 2.45) is 0 Å². The zero-order valence-corrected chi connectivity index (χ0v) is 22.2. The highest BCUT2D eigenvalue weighted by atomic mass is 19.1. The lowest BCUT2D eigenvalue weighted by molar-refractivity contribution is 0.0599. The molecule has 1 aliphatic heterocycles. The molecule has 0 N–H and O–H groups in total. The lowest BCUT2D eigenvalue weighted by Gasteiger charge is -2.33. The molecule has 0 spiro atoms. The Morgan fingerprint density at radius 2 is 1.79 bits per heavy atom. The zero-order chi connectivity index (χ0) is 26.6. The van der Waals surface area contributed by atoms with Gasteiger partial charge >= 0.3 is 5.97 Å². The lowest BCUT2D eigenvalue weighted by atomic mass is 9.82. The molecular weight excluding hydrogens is 477 g/mol. The monoisotopic (exact) mass is 511 g/mol. The molecule has 5 rings (SSSR count). The molecule has 1 heterocycles. The summed E-state index contributed by atoms with van der Waals surface area (Å²) in [5.41, 5.74) is 4.92. The van der Waals surface area contributed by atoms with Gasteiger partial charge in [0.05, 0.1) is 18.8 Å². The van der Waals surface area contributed by atoms with Gasteiger partial charge in [-0.05, 0) is 80.1 Å². The van der Waals surface area contributed by atoms with Crippen molar-refractivity contribution in [1.82, 2.24) is 4.90 Å². The number of carbonyl (C=O) groups excluding carboxylic acids is 1. The topological polar surface area (TPSA) is 38.8 Å². The number of hydrogen-bond acceptors (Lipinski definition) is 4. The molecule has 1 aliphatic rings. The second kappa shape index (κ2) is 11.4. The van der Waals surface area contributed by atoms with Crippen LogP contribution in [0.5, 0.6) is 5.75 Å². The van der Waals surface area contributed by atoms with Crippen LogP contribution >= 0.6 is 0 Å². The van der Waals surface area contributed by atoms with Gasteiger partial charge in [-0.1, -0.05) is 60.7 Å². The highest BCUT2D eigenvalue weighted by molar-refractivity contribution is 5.91. The molecule has 38 heavy (non-hydrogen) atoms. The third-order valence-corrected chi connectivity index (χ3v) is 7.62. The van der Waals surface area contributed by atoms with Crippen molar-refractivity contribution in [1.29, 1.82) is 0 Å². The van der Waals surface area contributed by atoms with Crippen molar-refractivity contribution in [2.45, 2.75) is 44.8 Å². The third-order valence-electron chi connectivity index (χ3n) is 7.62. The molecule has 196 valence electrons. The van der Waals surface area contributed by atoms with Crippen molar-refractivity contribution in [3.63, 3.8) is 0 Å². The third kappa shape index (κ3) is 5.44. The van der Waals surface area contributed by atoms with Crippen LogP contribution in [0.25, 0.3) is 10.8 Å². The van der Waals surface area contributed by atoms with Crippen molar-refractivity contribution >= 4 is 16.7 Å². The van der Waals surface area contributed by atoms with Crippen LogP contribution in [0.15, 0.2) is 78.9 Å². The first-order valence-corrected chi connectivity index (χ1v) is 13.2. The minimum Gasteiger partial charge on any atom is -0.490 e. The number of benzene rings is 4. The van der Waals surface area contributed by atoms with Gasteiger partial charge in [0, 0.05) is 23.4 Å². The van der Waals surface area contributed by atoms with E-state index in [1.54, 1.807) is 6.07 Å². The van der Waals surface area contributed by atoms with Crippen LogP contribution in [-0.4, -0.2) is 37.7 Å². The van der Waals surface area contributed by atoms with E-state index in [0.717, 1.165) is 65.7 Å². The van der Waals surface area contributed by atoms with Gasteiger partial charge in [-0.15, -0.1) is 0 Å². The predicted octanol–water partition coefficient (Wildman–Crippen LogP) is 7.27. The summed E-state index contributed by atoms with van der Waals surface area (Å²) in [5.74, 6) is 0.583. The molecule has 4 aromatic carbocycles. The quantitative estimate of drug-likeness (QED) is 0.233. The Balaban J connectivity index is 1.26. The number of methoxy groups -OCH3 is 1. The Morgan fingerprint density at radius 3 is 2.61 bits per heavy atom. The van der Waals surface area contributed by atoms with Gasteiger partial charge in [-0.25, -0.2) is 9.18 Å². The van der Waals surface area contributed by atoms with Crippen molar-refractivity contribution < 1.29 is 18.7 Å². The minimum atomic E-state index is -0.307. The summed E-state index contributed by atoms with van der Waals surface area (Å²) in [7, 11) is 3.53. The Kier molecular flexibility index (Phi) is 7.75. The van der Waals surface area contributed by atoms with Crippen LogP contribution in [0, 0.1) is 12.7 Å². The summed E-state index contributed by atoms with van der Waals surface area (Å²) in [6.45, 7) is 3.61. The number of fused-ring (bicyclic) bond motifs is 2. The first-order valence-electron chi connectivity index (χ1n) is 13.2. The number of hydrogen-bond donors (Lipinski definition) is 0. The summed E-state index contributed by atoms with van der Waals surface area (Å²) in [5, 5.41) is 1.64. The van der Waals surface area contributed by atoms with Gasteiger partial charge < -0.3 is 14.4 Å². The molecule has 0 aromatic heterocycles. The van der Waals surface area contributed by atoms with E-state index in [0.29, 0.717) is 10.9 Å². The molecule has 4 aromatic rings. The largest absolute Gasteiger partial charge is 0.490 e. The molecule has 0 aliphatic carbocycles. The fourth-order valence-electron chi connectivity index (χ4n) is 5.59. The predicted molar refractivity (Wildman–Crippen MR) is 149 cm³/mol. The van der Waals surface area contributed by atoms with Crippen LogP contribution in [0.1, 0.15) is 57.8 Å². The first kappa shape index (κ1) is 25.9. The Labute approximate surface area is 224 Å². The van der Waals surface area contributed by atoms with Gasteiger partial charge in [0.1, 0.15) is 11.6 Å². The van der Waals surface area contributed by atoms with Crippen molar-refractivity contribution in [3.8, 4) is 5.75 Å². The number of esters is 1. The second-order valence-electron chi connectivity index (χ2n) is 10.3. The number of ether oxygens (including phenoxy) is 2. The average Bonchev–Trinajstić information content (AvgIpc) is 2.94. The number of nitrogens with zero attached hydrogens (tertiary/aromatic N) is 1. The van der Waals surface area contributed by atoms with Crippen LogP contribution < -0.4 is 4.74 Å². The van der Waals surface area contributed by atoms with E-state index in [1.165, 1.54) is 7.11 Å². The maximum absolute atomic E-state index is 14.2. The molecule has 2 unspecified atom stereocenters. The second-order valence-corrected chi connectivity index (χ2v) is 10.3. The van der Waals surface area contributed by atoms with E-state index in [9.17, 15) is 9.18 Å². The first-order chi connectivity index (χ1) is 18.4. The zero-order valence-electron chi connectivity index (χ0n) is 22.2. The van der Waals surface area contributed by atoms with E-state index in [1.807, 2.05) is 67.6 Å². The van der Waals surface area contributed by atoms with E-state index < -0.39 is 0 Å². The number of aryl methyl sites for hydroxylation is 1. The molecule has 0 bridgehead atoms. The van der Waals surface area contributed by atoms with E-state index in [4.69, 9.17) is 9.47 Å². The fraction of sp³-hybridized carbons (Fsp3) is 0.303. The molecule has 0 amide bonds. The summed E-state index contributed by atoms with van der Waals surface area (Å²) < 4.78 is 25.7. The summed E-state index contributed by atoms with van der Waals surface area (Å²) in [6.07, 6.45) is 2.84. The summed E-state index contributed by atoms with van der Waals surface area (Å²) in [6, 6.07) is 25.4. The molecule has 5 heteroatoms. The molecule has 0 fully saturated rings. The lowest BCUT2D eigenvalue weighted by Crippen LogP contribution is -2.28. The normalized spacial score (nSPS) is 16.8. The SMILES string of the molecule is COC(=O)c1cc(C2CC(CCCN(C)Cc3ccc(F)c4ccccc34)Oc3ccccc32)ccc1C. The van der Waals surface area contributed by atoms with Gasteiger partial charge in [-0.2, -0.15) is 0 Å². The highest BCUT2D eigenvalue weighted by Gasteiger charge is 2.30. The number of carbonyl (C=O) groups is 1. The molecule has 0 saturated carbocycles. The summed E-state index contributed by atoms with van der Waals surface area (Å²) in [4.78, 5) is 14.6. The molecule has 4 nitrogen and oxygen atoms in total. The van der Waals surface area contributed by atoms with E-state index >= 15 is 0 Å². The minimum absolute atomic E-state index is 0.0813. The van der Waals surface area contributed by atoms with Gasteiger partial charge in [0.15, 0.2) is 0 Å². The number of para-hydroxylation sites is 1. The molecular formula is C33H34FNO3. The molecule has 0 radical (unpaired) electrons. The van der Waals surface area contributed by atoms with Crippen LogP contribution in [0.2, 0.25) is 0 Å². The van der Waals surface area contributed by atoms with Gasteiger partial charge in [0.25, 0.3) is 0 Å². The van der Waals surface area contributed by atoms with Crippen LogP contribution in [-0.2, 0) is 11.3 Å². The van der Waals surface area contributed by atoms with Gasteiger partial charge in [0.2, 0.25) is 0 Å². The summed E-state index contributed by atoms with van der Waals surface area (Å²) >= 11 is 0. The Hall–Kier alpha value is -3.70. The smallest absolute Gasteiger partial charge is 0.338 e. The molecule has 0 saturated heterocycles. The van der Waals surface area contributed by atoms with Crippen LogP contribution in [0.4, 0.5) is 4.39 Å². The standard InChI is InChI=1S/C33H34FNO3/c1-22-14-15-23(19-29(22)33(36)37-3)30-20-25(38-32-13-7-6-12-28(30)32)9-8-18-35(2)21-24-16-17-31(34)27-11-5-4-10-26(24)27/h4-7,10-17,19,25,30H,8-9,18,20-21H2,1-3H3. The van der Waals surface area contributed by atoms with Crippen molar-refractivity contribution in [2.75, 3.05) is 20.7 Å².